The van der Waals surface area contributed by atoms with E-state index in [4.69, 9.17) is 5.41 Å². The summed E-state index contributed by atoms with van der Waals surface area (Å²) in [6, 6.07) is 15.3. The van der Waals surface area contributed by atoms with E-state index in [0.29, 0.717) is 5.84 Å². The van der Waals surface area contributed by atoms with Gasteiger partial charge in [-0.3, -0.25) is 5.41 Å². The van der Waals surface area contributed by atoms with Crippen LogP contribution in [-0.4, -0.2) is 17.8 Å². The van der Waals surface area contributed by atoms with Crippen LogP contribution in [0.1, 0.15) is 163 Å². The van der Waals surface area contributed by atoms with Gasteiger partial charge in [0.05, 0.1) is 0 Å². The Labute approximate surface area is 296 Å². The number of likely N-dealkylation sites (N-methyl/N-ethyl adjacent to an activating group) is 1. The zero-order valence-corrected chi connectivity index (χ0v) is 34.5. The topological polar surface area (TPSA) is 27.1 Å². The molecule has 2 aromatic carbocycles. The molecule has 0 radical (unpaired) electrons. The maximum Gasteiger partial charge on any atom is 0.123 e. The van der Waals surface area contributed by atoms with E-state index in [-0.39, 0.29) is 0 Å². The molecule has 0 aliphatic rings. The van der Waals surface area contributed by atoms with Gasteiger partial charge in [-0.05, 0) is 101 Å². The van der Waals surface area contributed by atoms with Gasteiger partial charge in [0.2, 0.25) is 0 Å². The number of amidine groups is 1. The SMILES string of the molecule is C=C(C)/C(C)=C(/C)C(=N)N(C)Cc1ccc(C)cc1C.C=C(C)CCCC.CC.CC.CCCCCC.CCc1ccc(CC)cc1. The summed E-state index contributed by atoms with van der Waals surface area (Å²) in [5.74, 6) is 0.561. The number of nitrogens with zero attached hydrogens (tertiary/aromatic N) is 1. The first-order valence-corrected chi connectivity index (χ1v) is 18.7. The van der Waals surface area contributed by atoms with Crippen molar-refractivity contribution in [1.82, 2.24) is 4.90 Å². The highest BCUT2D eigenvalue weighted by Crippen LogP contribution is 2.17. The summed E-state index contributed by atoms with van der Waals surface area (Å²) >= 11 is 0. The van der Waals surface area contributed by atoms with Crippen molar-refractivity contribution in [1.29, 1.82) is 5.41 Å². The monoisotopic (exact) mass is 649 g/mol. The van der Waals surface area contributed by atoms with E-state index in [0.717, 1.165) is 36.1 Å². The molecule has 270 valence electrons. The summed E-state index contributed by atoms with van der Waals surface area (Å²) < 4.78 is 0. The summed E-state index contributed by atoms with van der Waals surface area (Å²) in [6.45, 7) is 39.8. The van der Waals surface area contributed by atoms with Crippen LogP contribution in [0.4, 0.5) is 0 Å². The van der Waals surface area contributed by atoms with Gasteiger partial charge in [0.1, 0.15) is 5.84 Å². The zero-order chi connectivity index (χ0) is 37.4. The summed E-state index contributed by atoms with van der Waals surface area (Å²) in [6.07, 6.45) is 11.6. The second-order valence-electron chi connectivity index (χ2n) is 12.0. The van der Waals surface area contributed by atoms with Crippen molar-refractivity contribution in [2.75, 3.05) is 7.05 Å². The Morgan fingerprint density at radius 2 is 1.09 bits per heavy atom. The molecule has 2 rings (SSSR count). The first-order chi connectivity index (χ1) is 22.3. The standard InChI is InChI=1S/C18H26N2.C10H14.C7H14.C6H14.2C2H6/c1-12(2)15(5)16(6)18(19)20(7)11-17-9-8-13(3)10-14(17)4;1-3-9-5-7-10(4-2)8-6-9;1-4-5-6-7(2)3;1-3-5-6-4-2;2*1-2/h8-10,19H,1,11H2,2-7H3;5-8H,3-4H2,1-2H3;2,4-6H2,1,3H3;3-6H2,1-2H3;2*1-2H3/b16-15-,19-18?;;;;;. The molecule has 0 atom stereocenters. The number of allylic oxidation sites excluding steroid dienone is 3. The molecule has 2 aromatic rings. The lowest BCUT2D eigenvalue weighted by molar-refractivity contribution is 0.495. The van der Waals surface area contributed by atoms with Crippen LogP contribution in [0.3, 0.4) is 0 Å². The Bertz CT molecular complexity index is 1060. The lowest BCUT2D eigenvalue weighted by Crippen LogP contribution is -2.27. The summed E-state index contributed by atoms with van der Waals surface area (Å²) in [5, 5.41) is 8.31. The highest BCUT2D eigenvalue weighted by Gasteiger charge is 2.11. The molecule has 0 unspecified atom stereocenters. The molecule has 0 fully saturated rings. The van der Waals surface area contributed by atoms with Crippen LogP contribution in [0, 0.1) is 19.3 Å². The second kappa shape index (κ2) is 34.5. The van der Waals surface area contributed by atoms with E-state index < -0.39 is 0 Å². The fraction of sp³-hybridized carbons (Fsp3) is 0.578. The summed E-state index contributed by atoms with van der Waals surface area (Å²) in [7, 11) is 1.97. The van der Waals surface area contributed by atoms with Crippen LogP contribution in [0.2, 0.25) is 0 Å². The van der Waals surface area contributed by atoms with Crippen molar-refractivity contribution in [3.63, 3.8) is 0 Å². The van der Waals surface area contributed by atoms with Crippen LogP contribution < -0.4 is 0 Å². The number of aryl methyl sites for hydroxylation is 4. The van der Waals surface area contributed by atoms with Gasteiger partial charge >= 0.3 is 0 Å². The van der Waals surface area contributed by atoms with E-state index in [1.54, 1.807) is 0 Å². The van der Waals surface area contributed by atoms with E-state index in [1.807, 2.05) is 60.4 Å². The fourth-order valence-corrected chi connectivity index (χ4v) is 4.13. The van der Waals surface area contributed by atoms with Crippen molar-refractivity contribution in [2.45, 2.75) is 168 Å². The Morgan fingerprint density at radius 3 is 1.38 bits per heavy atom. The lowest BCUT2D eigenvalue weighted by Gasteiger charge is -2.23. The van der Waals surface area contributed by atoms with Crippen molar-refractivity contribution >= 4 is 5.84 Å². The van der Waals surface area contributed by atoms with Gasteiger partial charge in [-0.15, -0.1) is 6.58 Å². The number of hydrogen-bond acceptors (Lipinski definition) is 1. The average Bonchev–Trinajstić information content (AvgIpc) is 3.09. The number of unbranched alkanes of at least 4 members (excludes halogenated alkanes) is 4. The van der Waals surface area contributed by atoms with Crippen molar-refractivity contribution in [3.05, 3.63) is 106 Å². The minimum absolute atomic E-state index is 0.561. The molecule has 2 heteroatoms. The first kappa shape index (κ1) is 51.0. The van der Waals surface area contributed by atoms with E-state index in [2.05, 4.69) is 111 Å². The number of benzene rings is 2. The first-order valence-electron chi connectivity index (χ1n) is 18.7. The molecule has 1 N–H and O–H groups in total. The quantitative estimate of drug-likeness (QED) is 0.0801. The Hall–Kier alpha value is -2.87. The van der Waals surface area contributed by atoms with Crippen LogP contribution in [-0.2, 0) is 19.4 Å². The third-order valence-electron chi connectivity index (χ3n) is 7.60. The van der Waals surface area contributed by atoms with Crippen molar-refractivity contribution in [2.24, 2.45) is 0 Å². The largest absolute Gasteiger partial charge is 0.356 e. The molecular weight excluding hydrogens is 569 g/mol. The van der Waals surface area contributed by atoms with Crippen LogP contribution >= 0.6 is 0 Å². The van der Waals surface area contributed by atoms with Gasteiger partial charge in [0.25, 0.3) is 0 Å². The van der Waals surface area contributed by atoms with Gasteiger partial charge in [-0.1, -0.05) is 160 Å². The molecule has 0 spiro atoms. The highest BCUT2D eigenvalue weighted by molar-refractivity contribution is 5.96. The third kappa shape index (κ3) is 27.9. The van der Waals surface area contributed by atoms with Gasteiger partial charge in [0.15, 0.2) is 0 Å². The van der Waals surface area contributed by atoms with Crippen molar-refractivity contribution in [3.8, 4) is 0 Å². The average molecular weight is 649 g/mol. The molecule has 2 nitrogen and oxygen atoms in total. The molecule has 0 aliphatic heterocycles. The van der Waals surface area contributed by atoms with Gasteiger partial charge < -0.3 is 4.90 Å². The highest BCUT2D eigenvalue weighted by atomic mass is 15.1. The normalized spacial score (nSPS) is 9.87. The summed E-state index contributed by atoms with van der Waals surface area (Å²) in [5.41, 5.74) is 11.1. The second-order valence-corrected chi connectivity index (χ2v) is 12.0. The van der Waals surface area contributed by atoms with E-state index in [1.165, 1.54) is 78.3 Å². The Balaban J connectivity index is -0.000000285. The van der Waals surface area contributed by atoms with Crippen LogP contribution in [0.25, 0.3) is 0 Å². The van der Waals surface area contributed by atoms with Crippen LogP contribution in [0.15, 0.2) is 77.9 Å². The smallest absolute Gasteiger partial charge is 0.123 e. The van der Waals surface area contributed by atoms with Crippen molar-refractivity contribution < 1.29 is 0 Å². The molecule has 0 heterocycles. The molecule has 0 saturated carbocycles. The Kier molecular flexibility index (Phi) is 37.4. The molecule has 0 amide bonds. The van der Waals surface area contributed by atoms with E-state index in [9.17, 15) is 0 Å². The molecule has 0 aromatic heterocycles. The maximum absolute atomic E-state index is 8.31. The molecule has 0 bridgehead atoms. The van der Waals surface area contributed by atoms with Crippen LogP contribution in [0.5, 0.6) is 0 Å². The lowest BCUT2D eigenvalue weighted by atomic mass is 10.0. The fourth-order valence-electron chi connectivity index (χ4n) is 4.13. The molecule has 0 aliphatic carbocycles. The number of hydrogen-bond donors (Lipinski definition) is 1. The third-order valence-corrected chi connectivity index (χ3v) is 7.60. The van der Waals surface area contributed by atoms with Gasteiger partial charge in [-0.2, -0.15) is 0 Å². The molecule has 47 heavy (non-hydrogen) atoms. The molecule has 0 saturated heterocycles. The Morgan fingerprint density at radius 1 is 0.660 bits per heavy atom. The number of nitrogens with one attached hydrogen (secondary N) is 1. The van der Waals surface area contributed by atoms with Gasteiger partial charge in [-0.25, -0.2) is 0 Å². The minimum atomic E-state index is 0.561. The predicted molar refractivity (Wildman–Crippen MR) is 220 cm³/mol. The van der Waals surface area contributed by atoms with Gasteiger partial charge in [0, 0.05) is 13.6 Å². The van der Waals surface area contributed by atoms with E-state index >= 15 is 0 Å². The predicted octanol–water partition coefficient (Wildman–Crippen LogP) is 14.8. The zero-order valence-electron chi connectivity index (χ0n) is 34.5. The summed E-state index contributed by atoms with van der Waals surface area (Å²) in [4.78, 5) is 1.99. The molecular formula is C45H80N2. The minimum Gasteiger partial charge on any atom is -0.356 e. The number of rotatable bonds is 12. The maximum atomic E-state index is 8.31.